The molecule has 0 aromatic rings. The van der Waals surface area contributed by atoms with E-state index in [1.165, 1.54) is 0 Å². The molecule has 0 aliphatic rings. The molecule has 92 valence electrons. The van der Waals surface area contributed by atoms with Crippen molar-refractivity contribution in [3.05, 3.63) is 0 Å². The Balaban J connectivity index is 4.46. The van der Waals surface area contributed by atoms with Gasteiger partial charge in [-0.2, -0.15) is 0 Å². The molecule has 0 aromatic carbocycles. The third kappa shape index (κ3) is 8.32. The van der Waals surface area contributed by atoms with Gasteiger partial charge in [-0.15, -0.1) is 0 Å². The molecule has 0 saturated heterocycles. The van der Waals surface area contributed by atoms with E-state index in [1.54, 1.807) is 0 Å². The van der Waals surface area contributed by atoms with Crippen LogP contribution in [0.15, 0.2) is 0 Å². The van der Waals surface area contributed by atoms with Crippen LogP contribution in [0.5, 0.6) is 0 Å². The molecule has 0 saturated carbocycles. The van der Waals surface area contributed by atoms with Gasteiger partial charge >= 0.3 is 6.80 Å². The monoisotopic (exact) mass is 255 g/mol. The largest absolute Gasteiger partial charge is 0.389 e. The van der Waals surface area contributed by atoms with Gasteiger partial charge in [-0.05, 0) is 45.5 Å². The van der Waals surface area contributed by atoms with Gasteiger partial charge in [0.1, 0.15) is 0 Å². The molecule has 0 fully saturated rings. The molecule has 0 rings (SSSR count). The summed E-state index contributed by atoms with van der Waals surface area (Å²) in [5.41, 5.74) is -0.451. The van der Waals surface area contributed by atoms with Crippen LogP contribution in [0.1, 0.15) is 48.8 Å². The summed E-state index contributed by atoms with van der Waals surface area (Å²) in [7, 11) is 0. The predicted molar refractivity (Wildman–Crippen MR) is 67.4 cm³/mol. The Labute approximate surface area is 99.0 Å². The van der Waals surface area contributed by atoms with E-state index in [2.05, 4.69) is 0 Å². The fourth-order valence-electron chi connectivity index (χ4n) is 0.853. The smallest absolute Gasteiger partial charge is 0.298 e. The first-order chi connectivity index (χ1) is 7.29. The van der Waals surface area contributed by atoms with Crippen LogP contribution in [-0.4, -0.2) is 17.9 Å². The van der Waals surface area contributed by atoms with Crippen molar-refractivity contribution in [3.63, 3.8) is 0 Å². The van der Waals surface area contributed by atoms with Crippen LogP contribution >= 0.6 is 18.2 Å². The van der Waals surface area contributed by atoms with Gasteiger partial charge in [-0.3, -0.25) is 9.05 Å². The lowest BCUT2D eigenvalue weighted by Gasteiger charge is -2.21. The molecule has 0 aromatic heterocycles. The minimum absolute atomic E-state index is 0.161. The van der Waals surface area contributed by atoms with Crippen molar-refractivity contribution in [1.29, 1.82) is 0 Å². The third-order valence-electron chi connectivity index (χ3n) is 1.29. The van der Waals surface area contributed by atoms with E-state index in [0.29, 0.717) is 6.42 Å². The average molecular weight is 255 g/mol. The zero-order valence-electron chi connectivity index (χ0n) is 11.2. The van der Waals surface area contributed by atoms with Crippen molar-refractivity contribution in [3.8, 4) is 0 Å². The molecule has 0 aliphatic carbocycles. The van der Waals surface area contributed by atoms with E-state index >= 15 is 0 Å². The Morgan fingerprint density at radius 3 is 2.07 bits per heavy atom. The lowest BCUT2D eigenvalue weighted by Crippen LogP contribution is -2.06. The molecule has 0 bridgehead atoms. The quantitative estimate of drug-likeness (QED) is 0.599. The zero-order valence-corrected chi connectivity index (χ0v) is 11.9. The first-order valence-corrected chi connectivity index (χ1v) is 8.39. The summed E-state index contributed by atoms with van der Waals surface area (Å²) in [6.45, 7) is 6.07. The Hall–Kier alpha value is 0.500. The number of rotatable bonds is 8. The minimum Gasteiger partial charge on any atom is -0.298 e. The summed E-state index contributed by atoms with van der Waals surface area (Å²) in [5.74, 6) is 0. The second-order valence-electron chi connectivity index (χ2n) is 3.82. The van der Waals surface area contributed by atoms with Gasteiger partial charge < -0.3 is 0 Å². The van der Waals surface area contributed by atoms with Gasteiger partial charge in [0.15, 0.2) is 0 Å². The molecular weight excluding hydrogens is 231 g/mol. The van der Waals surface area contributed by atoms with Gasteiger partial charge in [-0.25, -0.2) is 4.57 Å². The highest BCUT2D eigenvalue weighted by atomic mass is 32.7. The summed E-state index contributed by atoms with van der Waals surface area (Å²) < 4.78 is 30.7. The van der Waals surface area contributed by atoms with Crippen LogP contribution in [0.25, 0.3) is 0 Å². The highest BCUT2D eigenvalue weighted by Gasteiger charge is 2.28. The van der Waals surface area contributed by atoms with E-state index in [9.17, 15) is 4.57 Å². The zero-order chi connectivity index (χ0) is 12.8. The molecule has 15 heavy (non-hydrogen) atoms. The van der Waals surface area contributed by atoms with Gasteiger partial charge in [0.05, 0.1) is 12.2 Å². The number of hydrogen-bond acceptors (Lipinski definition) is 4. The molecule has 3 nitrogen and oxygen atoms in total. The van der Waals surface area contributed by atoms with Crippen molar-refractivity contribution in [2.75, 3.05) is 5.73 Å². The average Bonchev–Trinajstić information content (AvgIpc) is 1.98. The van der Waals surface area contributed by atoms with Crippen LogP contribution in [0.2, 0.25) is 0 Å². The Morgan fingerprint density at radius 1 is 1.27 bits per heavy atom. The topological polar surface area (TPSA) is 35.5 Å². The van der Waals surface area contributed by atoms with Gasteiger partial charge in [0.2, 0.25) is 0 Å². The highest BCUT2D eigenvalue weighted by Crippen LogP contribution is 2.62. The second kappa shape index (κ2) is 7.72. The van der Waals surface area contributed by atoms with Crippen LogP contribution in [0.3, 0.4) is 0 Å². The Bertz CT molecular complexity index is 222. The standard InChI is InChI=1S/C10H23O3PS/c1-6-7-8-15-14(11,12-9(2)3)13-10(4)5/h9-10H,6-8H2,1-5H3/i8D/t8-/m0/s1. The summed E-state index contributed by atoms with van der Waals surface area (Å²) in [4.78, 5) is 0. The summed E-state index contributed by atoms with van der Waals surface area (Å²) >= 11 is 1.01. The summed E-state index contributed by atoms with van der Waals surface area (Å²) in [5, 5.41) is 0. The van der Waals surface area contributed by atoms with Gasteiger partial charge in [-0.1, -0.05) is 13.3 Å². The van der Waals surface area contributed by atoms with E-state index in [0.717, 1.165) is 17.8 Å². The lowest BCUT2D eigenvalue weighted by atomic mass is 10.4. The predicted octanol–water partition coefficient (Wildman–Crippen LogP) is 4.48. The number of hydrogen-bond donors (Lipinski definition) is 0. The van der Waals surface area contributed by atoms with Crippen molar-refractivity contribution in [2.24, 2.45) is 0 Å². The normalized spacial score (nSPS) is 15.8. The van der Waals surface area contributed by atoms with Crippen molar-refractivity contribution < 1.29 is 15.0 Å². The third-order valence-corrected chi connectivity index (χ3v) is 5.03. The fourth-order valence-corrected chi connectivity index (χ4v) is 4.75. The fraction of sp³-hybridized carbons (Fsp3) is 1.00. The Kier molecular flexibility index (Phi) is 6.98. The van der Waals surface area contributed by atoms with E-state index < -0.39 is 12.5 Å². The maximum atomic E-state index is 12.3. The van der Waals surface area contributed by atoms with Crippen molar-refractivity contribution in [1.82, 2.24) is 0 Å². The first kappa shape index (κ1) is 13.6. The molecule has 1 atom stereocenters. The molecule has 0 heterocycles. The van der Waals surface area contributed by atoms with Crippen molar-refractivity contribution in [2.45, 2.75) is 59.7 Å². The maximum Gasteiger partial charge on any atom is 0.389 e. The Morgan fingerprint density at radius 2 is 1.73 bits per heavy atom. The van der Waals surface area contributed by atoms with Crippen LogP contribution in [0, 0.1) is 0 Å². The molecule has 0 unspecified atom stereocenters. The molecule has 0 N–H and O–H groups in total. The SMILES string of the molecule is [2H][C@@H](CCC)SP(=O)(OC(C)C)OC(C)C. The van der Waals surface area contributed by atoms with Crippen LogP contribution in [0.4, 0.5) is 0 Å². The molecule has 0 amide bonds. The molecular formula is C10H23O3PS. The molecule has 5 heteroatoms. The van der Waals surface area contributed by atoms with E-state index in [1.807, 2.05) is 34.6 Å². The van der Waals surface area contributed by atoms with Gasteiger partial charge in [0, 0.05) is 7.10 Å². The van der Waals surface area contributed by atoms with Crippen LogP contribution < -0.4 is 0 Å². The van der Waals surface area contributed by atoms with E-state index in [-0.39, 0.29) is 12.2 Å². The maximum absolute atomic E-state index is 12.3. The first-order valence-electron chi connectivity index (χ1n) is 5.94. The minimum atomic E-state index is -3.19. The van der Waals surface area contributed by atoms with Gasteiger partial charge in [0.25, 0.3) is 0 Å². The molecule has 0 radical (unpaired) electrons. The van der Waals surface area contributed by atoms with Crippen molar-refractivity contribution >= 4 is 18.2 Å². The van der Waals surface area contributed by atoms with E-state index in [4.69, 9.17) is 10.4 Å². The summed E-state index contributed by atoms with van der Waals surface area (Å²) in [6.07, 6.45) is 1.26. The summed E-state index contributed by atoms with van der Waals surface area (Å²) in [6, 6.07) is 0. The van der Waals surface area contributed by atoms with Crippen LogP contribution in [-0.2, 0) is 13.6 Å². The molecule has 0 aliphatic heterocycles. The lowest BCUT2D eigenvalue weighted by molar-refractivity contribution is 0.156. The second-order valence-corrected chi connectivity index (χ2v) is 7.65. The molecule has 0 spiro atoms. The highest BCUT2D eigenvalue weighted by molar-refractivity contribution is 8.55.